The summed E-state index contributed by atoms with van der Waals surface area (Å²) in [6, 6.07) is 18.4. The molecule has 21 heavy (non-hydrogen) atoms. The molecule has 0 aliphatic carbocycles. The topological polar surface area (TPSA) is 21.3 Å². The smallest absolute Gasteiger partial charge is 0.142 e. The third-order valence-electron chi connectivity index (χ3n) is 3.86. The van der Waals surface area contributed by atoms with Crippen LogP contribution < -0.4 is 10.1 Å². The van der Waals surface area contributed by atoms with Crippen molar-refractivity contribution >= 4 is 5.69 Å². The van der Waals surface area contributed by atoms with Gasteiger partial charge in [-0.2, -0.15) is 0 Å². The van der Waals surface area contributed by atoms with E-state index in [2.05, 4.69) is 37.4 Å². The van der Waals surface area contributed by atoms with Crippen molar-refractivity contribution in [1.29, 1.82) is 0 Å². The molecule has 0 atom stereocenters. The Balaban J connectivity index is 1.96. The number of para-hydroxylation sites is 2. The predicted molar refractivity (Wildman–Crippen MR) is 89.8 cm³/mol. The molecule has 0 aliphatic rings. The number of rotatable bonds is 8. The van der Waals surface area contributed by atoms with Gasteiger partial charge in [0.15, 0.2) is 0 Å². The third-order valence-corrected chi connectivity index (χ3v) is 3.86. The van der Waals surface area contributed by atoms with Crippen LogP contribution in [0.4, 0.5) is 5.69 Å². The van der Waals surface area contributed by atoms with Gasteiger partial charge in [0, 0.05) is 6.54 Å². The first-order valence-electron chi connectivity index (χ1n) is 7.83. The molecule has 0 fully saturated rings. The van der Waals surface area contributed by atoms with Gasteiger partial charge in [0.2, 0.25) is 0 Å². The zero-order valence-electron chi connectivity index (χ0n) is 13.0. The van der Waals surface area contributed by atoms with Crippen LogP contribution >= 0.6 is 0 Å². The molecule has 2 aromatic carbocycles. The Morgan fingerprint density at radius 2 is 1.57 bits per heavy atom. The number of hydrogen-bond donors (Lipinski definition) is 1. The molecule has 0 aromatic heterocycles. The van der Waals surface area contributed by atoms with Crippen molar-refractivity contribution in [2.24, 2.45) is 5.92 Å². The summed E-state index contributed by atoms with van der Waals surface area (Å²) in [5.41, 5.74) is 2.27. The van der Waals surface area contributed by atoms with Gasteiger partial charge in [-0.3, -0.25) is 0 Å². The lowest BCUT2D eigenvalue weighted by atomic mass is 10.0. The highest BCUT2D eigenvalue weighted by Crippen LogP contribution is 2.25. The predicted octanol–water partition coefficient (Wildman–Crippen LogP) is 5.11. The second kappa shape index (κ2) is 8.35. The molecule has 2 nitrogen and oxygen atoms in total. The van der Waals surface area contributed by atoms with Gasteiger partial charge >= 0.3 is 0 Å². The average Bonchev–Trinajstić information content (AvgIpc) is 2.56. The van der Waals surface area contributed by atoms with Gasteiger partial charge in [0.05, 0.1) is 5.69 Å². The fraction of sp³-hybridized carbons (Fsp3) is 0.368. The van der Waals surface area contributed by atoms with E-state index < -0.39 is 0 Å². The van der Waals surface area contributed by atoms with Crippen molar-refractivity contribution in [3.63, 3.8) is 0 Å². The summed E-state index contributed by atoms with van der Waals surface area (Å²) in [6.07, 6.45) is 2.41. The third kappa shape index (κ3) is 4.82. The minimum Gasteiger partial charge on any atom is -0.487 e. The molecule has 0 unspecified atom stereocenters. The molecule has 112 valence electrons. The molecule has 0 aliphatic heterocycles. The van der Waals surface area contributed by atoms with E-state index in [1.54, 1.807) is 0 Å². The molecule has 2 rings (SSSR count). The SMILES string of the molecule is CCC(CC)CNc1ccccc1OCc1ccccc1. The Bertz CT molecular complexity index is 520. The Morgan fingerprint density at radius 1 is 0.905 bits per heavy atom. The highest BCUT2D eigenvalue weighted by molar-refractivity contribution is 5.56. The molecule has 0 saturated carbocycles. The van der Waals surface area contributed by atoms with Crippen LogP contribution in [-0.4, -0.2) is 6.54 Å². The lowest BCUT2D eigenvalue weighted by Gasteiger charge is -2.17. The fourth-order valence-corrected chi connectivity index (χ4v) is 2.31. The summed E-state index contributed by atoms with van der Waals surface area (Å²) >= 11 is 0. The van der Waals surface area contributed by atoms with Crippen molar-refractivity contribution < 1.29 is 4.74 Å². The van der Waals surface area contributed by atoms with Crippen LogP contribution in [0.3, 0.4) is 0 Å². The Morgan fingerprint density at radius 3 is 2.29 bits per heavy atom. The zero-order chi connectivity index (χ0) is 14.9. The van der Waals surface area contributed by atoms with Gasteiger partial charge < -0.3 is 10.1 Å². The molecule has 0 spiro atoms. The summed E-state index contributed by atoms with van der Waals surface area (Å²) in [4.78, 5) is 0. The first-order chi connectivity index (χ1) is 10.3. The minimum absolute atomic E-state index is 0.602. The first-order valence-corrected chi connectivity index (χ1v) is 7.83. The maximum Gasteiger partial charge on any atom is 0.142 e. The van der Waals surface area contributed by atoms with Crippen LogP contribution in [0, 0.1) is 5.92 Å². The second-order valence-corrected chi connectivity index (χ2v) is 5.33. The second-order valence-electron chi connectivity index (χ2n) is 5.33. The summed E-state index contributed by atoms with van der Waals surface area (Å²) in [5.74, 6) is 1.64. The van der Waals surface area contributed by atoms with E-state index in [4.69, 9.17) is 4.74 Å². The van der Waals surface area contributed by atoms with Crippen molar-refractivity contribution in [2.75, 3.05) is 11.9 Å². The Labute approximate surface area is 128 Å². The number of ether oxygens (including phenoxy) is 1. The number of benzene rings is 2. The summed E-state index contributed by atoms with van der Waals surface area (Å²) in [6.45, 7) is 6.09. The van der Waals surface area contributed by atoms with Crippen LogP contribution in [0.5, 0.6) is 5.75 Å². The maximum atomic E-state index is 5.96. The van der Waals surface area contributed by atoms with E-state index in [-0.39, 0.29) is 0 Å². The van der Waals surface area contributed by atoms with Gasteiger partial charge in [-0.1, -0.05) is 69.2 Å². The lowest BCUT2D eigenvalue weighted by Crippen LogP contribution is -2.13. The van der Waals surface area contributed by atoms with Gasteiger partial charge in [0.1, 0.15) is 12.4 Å². The van der Waals surface area contributed by atoms with Crippen LogP contribution in [0.25, 0.3) is 0 Å². The van der Waals surface area contributed by atoms with Crippen LogP contribution in [0.1, 0.15) is 32.3 Å². The molecule has 0 heterocycles. The van der Waals surface area contributed by atoms with E-state index in [1.165, 1.54) is 18.4 Å². The Hall–Kier alpha value is -1.96. The molecule has 2 aromatic rings. The number of anilines is 1. The molecule has 1 N–H and O–H groups in total. The van der Waals surface area contributed by atoms with E-state index >= 15 is 0 Å². The van der Waals surface area contributed by atoms with Gasteiger partial charge in [-0.25, -0.2) is 0 Å². The lowest BCUT2D eigenvalue weighted by molar-refractivity contribution is 0.307. The van der Waals surface area contributed by atoms with Crippen molar-refractivity contribution in [3.8, 4) is 5.75 Å². The first kappa shape index (κ1) is 15.4. The van der Waals surface area contributed by atoms with E-state index in [1.807, 2.05) is 36.4 Å². The Kier molecular flexibility index (Phi) is 6.14. The number of hydrogen-bond acceptors (Lipinski definition) is 2. The van der Waals surface area contributed by atoms with Crippen LogP contribution in [-0.2, 0) is 6.61 Å². The normalized spacial score (nSPS) is 10.6. The fourth-order valence-electron chi connectivity index (χ4n) is 2.31. The average molecular weight is 283 g/mol. The quantitative estimate of drug-likeness (QED) is 0.726. The molecular formula is C19H25NO. The molecule has 0 saturated heterocycles. The zero-order valence-corrected chi connectivity index (χ0v) is 13.0. The summed E-state index contributed by atoms with van der Waals surface area (Å²) in [5, 5.41) is 3.53. The highest BCUT2D eigenvalue weighted by atomic mass is 16.5. The minimum atomic E-state index is 0.602. The van der Waals surface area contributed by atoms with Crippen molar-refractivity contribution in [2.45, 2.75) is 33.3 Å². The standard InChI is InChI=1S/C19H25NO/c1-3-16(4-2)14-20-18-12-8-9-13-19(18)21-15-17-10-6-5-7-11-17/h5-13,16,20H,3-4,14-15H2,1-2H3. The van der Waals surface area contributed by atoms with Crippen molar-refractivity contribution in [3.05, 3.63) is 60.2 Å². The molecule has 0 radical (unpaired) electrons. The van der Waals surface area contributed by atoms with Gasteiger partial charge in [-0.15, -0.1) is 0 Å². The van der Waals surface area contributed by atoms with Crippen molar-refractivity contribution in [1.82, 2.24) is 0 Å². The number of nitrogens with one attached hydrogen (secondary N) is 1. The van der Waals surface area contributed by atoms with E-state index in [0.29, 0.717) is 12.5 Å². The van der Waals surface area contributed by atoms with Crippen LogP contribution in [0.15, 0.2) is 54.6 Å². The maximum absolute atomic E-state index is 5.96. The van der Waals surface area contributed by atoms with Crippen LogP contribution in [0.2, 0.25) is 0 Å². The molecular weight excluding hydrogens is 258 g/mol. The summed E-state index contributed by atoms with van der Waals surface area (Å²) < 4.78 is 5.96. The van der Waals surface area contributed by atoms with E-state index in [0.717, 1.165) is 18.0 Å². The molecule has 0 bridgehead atoms. The molecule has 0 amide bonds. The molecule has 2 heteroatoms. The van der Waals surface area contributed by atoms with E-state index in [9.17, 15) is 0 Å². The van der Waals surface area contributed by atoms with Gasteiger partial charge in [-0.05, 0) is 23.6 Å². The summed E-state index contributed by atoms with van der Waals surface area (Å²) in [7, 11) is 0. The monoisotopic (exact) mass is 283 g/mol. The largest absolute Gasteiger partial charge is 0.487 e. The van der Waals surface area contributed by atoms with Gasteiger partial charge in [0.25, 0.3) is 0 Å². The highest BCUT2D eigenvalue weighted by Gasteiger charge is 2.06.